The Morgan fingerprint density at radius 2 is 2.19 bits per heavy atom. The Labute approximate surface area is 94.7 Å². The Morgan fingerprint density at radius 1 is 1.38 bits per heavy atom. The van der Waals surface area contributed by atoms with Crippen LogP contribution in [0.3, 0.4) is 0 Å². The van der Waals surface area contributed by atoms with Crippen LogP contribution >= 0.6 is 0 Å². The summed E-state index contributed by atoms with van der Waals surface area (Å²) in [6, 6.07) is 7.65. The smallest absolute Gasteiger partial charge is 0.182 e. The fourth-order valence-electron chi connectivity index (χ4n) is 1.64. The molecule has 0 saturated heterocycles. The third-order valence-electron chi connectivity index (χ3n) is 2.58. The molecule has 0 atom stereocenters. The first-order chi connectivity index (χ1) is 7.66. The molecule has 1 heterocycles. The predicted octanol–water partition coefficient (Wildman–Crippen LogP) is 2.38. The maximum atomic E-state index is 12.0. The molecular weight excluding hydrogens is 200 g/mol. The number of aryl methyl sites for hydroxylation is 2. The van der Waals surface area contributed by atoms with Gasteiger partial charge < -0.3 is 4.57 Å². The van der Waals surface area contributed by atoms with Crippen LogP contribution in [0.15, 0.2) is 36.7 Å². The second-order valence-electron chi connectivity index (χ2n) is 3.90. The van der Waals surface area contributed by atoms with Crippen LogP contribution in [0.1, 0.15) is 21.7 Å². The van der Waals surface area contributed by atoms with Crippen LogP contribution < -0.4 is 0 Å². The van der Waals surface area contributed by atoms with E-state index in [0.717, 1.165) is 17.0 Å². The van der Waals surface area contributed by atoms with Crippen molar-refractivity contribution < 1.29 is 4.79 Å². The number of Topliss-reactive ketones (excluding diaryl/α,β-unsaturated/α-hetero) is 1. The zero-order valence-corrected chi connectivity index (χ0v) is 9.47. The predicted molar refractivity (Wildman–Crippen MR) is 62.5 cm³/mol. The highest BCUT2D eigenvalue weighted by Gasteiger charge is 2.07. The molecule has 0 amide bonds. The SMILES string of the molecule is Cc1cccc(C(=O)Cn2ccnc2C)c1. The zero-order chi connectivity index (χ0) is 11.5. The van der Waals surface area contributed by atoms with Crippen molar-refractivity contribution in [2.75, 3.05) is 0 Å². The number of nitrogens with zero attached hydrogens (tertiary/aromatic N) is 2. The van der Waals surface area contributed by atoms with Crippen molar-refractivity contribution in [3.8, 4) is 0 Å². The highest BCUT2D eigenvalue weighted by atomic mass is 16.1. The lowest BCUT2D eigenvalue weighted by atomic mass is 10.1. The number of carbonyl (C=O) groups is 1. The summed E-state index contributed by atoms with van der Waals surface area (Å²) in [5.41, 5.74) is 1.86. The number of hydrogen-bond acceptors (Lipinski definition) is 2. The molecule has 1 aromatic heterocycles. The van der Waals surface area contributed by atoms with Crippen molar-refractivity contribution in [2.45, 2.75) is 20.4 Å². The van der Waals surface area contributed by atoms with E-state index in [0.29, 0.717) is 6.54 Å². The number of hydrogen-bond donors (Lipinski definition) is 0. The standard InChI is InChI=1S/C13H14N2O/c1-10-4-3-5-12(8-10)13(16)9-15-7-6-14-11(15)2/h3-8H,9H2,1-2H3. The summed E-state index contributed by atoms with van der Waals surface area (Å²) in [4.78, 5) is 16.1. The highest BCUT2D eigenvalue weighted by molar-refractivity contribution is 5.96. The number of ketones is 1. The molecule has 3 nitrogen and oxygen atoms in total. The average Bonchev–Trinajstić information content (AvgIpc) is 2.64. The van der Waals surface area contributed by atoms with Crippen molar-refractivity contribution in [1.82, 2.24) is 9.55 Å². The Hall–Kier alpha value is -1.90. The molecular formula is C13H14N2O. The van der Waals surface area contributed by atoms with Gasteiger partial charge in [0.25, 0.3) is 0 Å². The highest BCUT2D eigenvalue weighted by Crippen LogP contribution is 2.07. The molecule has 0 aliphatic rings. The number of imidazole rings is 1. The van der Waals surface area contributed by atoms with E-state index in [-0.39, 0.29) is 5.78 Å². The molecule has 16 heavy (non-hydrogen) atoms. The van der Waals surface area contributed by atoms with Crippen molar-refractivity contribution in [2.24, 2.45) is 0 Å². The summed E-state index contributed by atoms with van der Waals surface area (Å²) < 4.78 is 1.85. The van der Waals surface area contributed by atoms with Gasteiger partial charge in [-0.3, -0.25) is 4.79 Å². The first kappa shape index (κ1) is 10.6. The maximum Gasteiger partial charge on any atom is 0.182 e. The quantitative estimate of drug-likeness (QED) is 0.735. The van der Waals surface area contributed by atoms with E-state index >= 15 is 0 Å². The molecule has 0 radical (unpaired) electrons. The summed E-state index contributed by atoms with van der Waals surface area (Å²) in [5.74, 6) is 0.978. The molecule has 82 valence electrons. The van der Waals surface area contributed by atoms with Gasteiger partial charge in [-0.2, -0.15) is 0 Å². The fourth-order valence-corrected chi connectivity index (χ4v) is 1.64. The van der Waals surface area contributed by atoms with Gasteiger partial charge in [0, 0.05) is 18.0 Å². The van der Waals surface area contributed by atoms with E-state index in [1.165, 1.54) is 0 Å². The van der Waals surface area contributed by atoms with Gasteiger partial charge in [0.15, 0.2) is 5.78 Å². The Balaban J connectivity index is 2.18. The largest absolute Gasteiger partial charge is 0.327 e. The average molecular weight is 214 g/mol. The summed E-state index contributed by atoms with van der Waals surface area (Å²) in [5, 5.41) is 0. The summed E-state index contributed by atoms with van der Waals surface area (Å²) in [6.07, 6.45) is 3.53. The van der Waals surface area contributed by atoms with E-state index < -0.39 is 0 Å². The third-order valence-corrected chi connectivity index (χ3v) is 2.58. The van der Waals surface area contributed by atoms with Gasteiger partial charge in [0.1, 0.15) is 5.82 Å². The normalized spacial score (nSPS) is 10.4. The van der Waals surface area contributed by atoms with E-state index in [2.05, 4.69) is 4.98 Å². The summed E-state index contributed by atoms with van der Waals surface area (Å²) in [6.45, 7) is 4.23. The molecule has 0 N–H and O–H groups in total. The minimum absolute atomic E-state index is 0.116. The van der Waals surface area contributed by atoms with Gasteiger partial charge in [-0.1, -0.05) is 23.8 Å². The van der Waals surface area contributed by atoms with Crippen molar-refractivity contribution >= 4 is 5.78 Å². The van der Waals surface area contributed by atoms with Crippen LogP contribution in [-0.4, -0.2) is 15.3 Å². The van der Waals surface area contributed by atoms with Crippen LogP contribution in [0.4, 0.5) is 0 Å². The van der Waals surface area contributed by atoms with Crippen molar-refractivity contribution in [3.63, 3.8) is 0 Å². The molecule has 3 heteroatoms. The maximum absolute atomic E-state index is 12.0. The van der Waals surface area contributed by atoms with Gasteiger partial charge in [-0.05, 0) is 19.9 Å². The molecule has 0 unspecified atom stereocenters. The molecule has 0 aliphatic carbocycles. The number of carbonyl (C=O) groups excluding carboxylic acids is 1. The molecule has 0 saturated carbocycles. The van der Waals surface area contributed by atoms with E-state index in [9.17, 15) is 4.79 Å². The Morgan fingerprint density at radius 3 is 2.81 bits per heavy atom. The topological polar surface area (TPSA) is 34.9 Å². The molecule has 0 spiro atoms. The number of aromatic nitrogens is 2. The molecule has 2 aromatic rings. The Bertz CT molecular complexity index is 514. The molecule has 0 fully saturated rings. The summed E-state index contributed by atoms with van der Waals surface area (Å²) >= 11 is 0. The van der Waals surface area contributed by atoms with E-state index in [1.807, 2.05) is 48.9 Å². The van der Waals surface area contributed by atoms with E-state index in [1.54, 1.807) is 6.20 Å². The van der Waals surface area contributed by atoms with Crippen LogP contribution in [0.25, 0.3) is 0 Å². The van der Waals surface area contributed by atoms with E-state index in [4.69, 9.17) is 0 Å². The molecule has 2 rings (SSSR count). The van der Waals surface area contributed by atoms with Gasteiger partial charge in [0.05, 0.1) is 6.54 Å². The van der Waals surface area contributed by atoms with Crippen LogP contribution in [0, 0.1) is 13.8 Å². The second kappa shape index (κ2) is 4.31. The van der Waals surface area contributed by atoms with Gasteiger partial charge in [0.2, 0.25) is 0 Å². The van der Waals surface area contributed by atoms with Gasteiger partial charge >= 0.3 is 0 Å². The lowest BCUT2D eigenvalue weighted by Gasteiger charge is -2.04. The van der Waals surface area contributed by atoms with Gasteiger partial charge in [-0.25, -0.2) is 4.98 Å². The summed E-state index contributed by atoms with van der Waals surface area (Å²) in [7, 11) is 0. The minimum atomic E-state index is 0.116. The second-order valence-corrected chi connectivity index (χ2v) is 3.90. The first-order valence-electron chi connectivity index (χ1n) is 5.24. The lowest BCUT2D eigenvalue weighted by molar-refractivity contribution is 0.0971. The Kier molecular flexibility index (Phi) is 2.86. The monoisotopic (exact) mass is 214 g/mol. The lowest BCUT2D eigenvalue weighted by Crippen LogP contribution is -2.11. The fraction of sp³-hybridized carbons (Fsp3) is 0.231. The van der Waals surface area contributed by atoms with Gasteiger partial charge in [-0.15, -0.1) is 0 Å². The molecule has 0 aliphatic heterocycles. The van der Waals surface area contributed by atoms with Crippen LogP contribution in [0.5, 0.6) is 0 Å². The number of rotatable bonds is 3. The minimum Gasteiger partial charge on any atom is -0.327 e. The first-order valence-corrected chi connectivity index (χ1v) is 5.24. The number of benzene rings is 1. The third kappa shape index (κ3) is 2.19. The molecule has 1 aromatic carbocycles. The molecule has 0 bridgehead atoms. The van der Waals surface area contributed by atoms with Crippen molar-refractivity contribution in [3.05, 3.63) is 53.6 Å². The van der Waals surface area contributed by atoms with Crippen molar-refractivity contribution in [1.29, 1.82) is 0 Å². The van der Waals surface area contributed by atoms with Crippen LogP contribution in [-0.2, 0) is 6.54 Å². The zero-order valence-electron chi connectivity index (χ0n) is 9.47. The van der Waals surface area contributed by atoms with Crippen LogP contribution in [0.2, 0.25) is 0 Å².